The van der Waals surface area contributed by atoms with E-state index in [9.17, 15) is 9.59 Å². The summed E-state index contributed by atoms with van der Waals surface area (Å²) in [5.74, 6) is 0.256. The molecule has 22 heavy (non-hydrogen) atoms. The molecule has 0 spiro atoms. The normalized spacial score (nSPS) is 20.5. The molecule has 1 aromatic rings. The number of benzene rings is 1. The van der Waals surface area contributed by atoms with Crippen molar-refractivity contribution in [1.29, 1.82) is 0 Å². The average Bonchev–Trinajstić information content (AvgIpc) is 2.35. The van der Waals surface area contributed by atoms with Gasteiger partial charge in [0.25, 0.3) is 0 Å². The number of urea groups is 1. The van der Waals surface area contributed by atoms with Crippen LogP contribution in [0.15, 0.2) is 24.3 Å². The smallest absolute Gasteiger partial charge is 0.319 e. The fourth-order valence-electron chi connectivity index (χ4n) is 3.56. The number of halogens is 1. The molecule has 2 N–H and O–H groups in total. The summed E-state index contributed by atoms with van der Waals surface area (Å²) in [4.78, 5) is 24.2. The predicted octanol–water partition coefficient (Wildman–Crippen LogP) is 4.25. The molecule has 0 saturated heterocycles. The van der Waals surface area contributed by atoms with Crippen molar-refractivity contribution in [3.8, 4) is 0 Å². The molecular weight excluding hydrogens is 300 g/mol. The van der Waals surface area contributed by atoms with Crippen LogP contribution < -0.4 is 10.6 Å². The fourth-order valence-corrected chi connectivity index (χ4v) is 3.69. The minimum Gasteiger partial charge on any atom is -0.334 e. The van der Waals surface area contributed by atoms with Gasteiger partial charge in [-0.25, -0.2) is 4.79 Å². The Kier molecular flexibility index (Phi) is 4.52. The van der Waals surface area contributed by atoms with Crippen molar-refractivity contribution in [2.24, 2.45) is 10.8 Å². The van der Waals surface area contributed by atoms with E-state index in [1.807, 2.05) is 27.7 Å². The van der Waals surface area contributed by atoms with Crippen LogP contribution in [0.2, 0.25) is 5.02 Å². The summed E-state index contributed by atoms with van der Waals surface area (Å²) in [5.41, 5.74) is 0.149. The summed E-state index contributed by atoms with van der Waals surface area (Å²) >= 11 is 5.83. The van der Waals surface area contributed by atoms with Crippen molar-refractivity contribution in [2.75, 3.05) is 5.32 Å². The highest BCUT2D eigenvalue weighted by atomic mass is 35.5. The Morgan fingerprint density at radius 3 is 2.09 bits per heavy atom. The molecule has 0 heterocycles. The number of amides is 2. The van der Waals surface area contributed by atoms with Crippen molar-refractivity contribution < 1.29 is 9.59 Å². The minimum absolute atomic E-state index is 0.0787. The molecule has 0 aliphatic heterocycles. The van der Waals surface area contributed by atoms with Gasteiger partial charge in [0.05, 0.1) is 0 Å². The van der Waals surface area contributed by atoms with Gasteiger partial charge in [-0.15, -0.1) is 0 Å². The molecule has 0 radical (unpaired) electrons. The van der Waals surface area contributed by atoms with Gasteiger partial charge in [-0.2, -0.15) is 0 Å². The van der Waals surface area contributed by atoms with Crippen LogP contribution in [-0.2, 0) is 4.79 Å². The van der Waals surface area contributed by atoms with E-state index >= 15 is 0 Å². The molecule has 1 fully saturated rings. The number of hydrogen-bond acceptors (Lipinski definition) is 2. The van der Waals surface area contributed by atoms with Gasteiger partial charge in [-0.3, -0.25) is 4.79 Å². The molecule has 1 aromatic carbocycles. The summed E-state index contributed by atoms with van der Waals surface area (Å²) in [5, 5.41) is 6.48. The summed E-state index contributed by atoms with van der Waals surface area (Å²) in [6.07, 6.45) is 0.977. The molecule has 4 nitrogen and oxygen atoms in total. The zero-order valence-corrected chi connectivity index (χ0v) is 14.3. The van der Waals surface area contributed by atoms with Crippen LogP contribution in [0.4, 0.5) is 10.5 Å². The van der Waals surface area contributed by atoms with Gasteiger partial charge in [0.1, 0.15) is 5.78 Å². The lowest BCUT2D eigenvalue weighted by Gasteiger charge is -2.48. The lowest BCUT2D eigenvalue weighted by Crippen LogP contribution is -2.58. The van der Waals surface area contributed by atoms with E-state index in [0.29, 0.717) is 23.6 Å². The molecule has 1 saturated carbocycles. The first-order valence-electron chi connectivity index (χ1n) is 7.45. The number of nitrogens with one attached hydrogen (secondary N) is 2. The third kappa shape index (κ3) is 3.80. The number of rotatable bonds is 2. The SMILES string of the molecule is CC1(C)CC(=O)CC(C)(C)C1NC(=O)Nc1ccc(Cl)cc1. The van der Waals surface area contributed by atoms with E-state index in [4.69, 9.17) is 11.6 Å². The predicted molar refractivity (Wildman–Crippen MR) is 89.2 cm³/mol. The van der Waals surface area contributed by atoms with Crippen LogP contribution in [0.1, 0.15) is 40.5 Å². The second kappa shape index (κ2) is 5.92. The number of anilines is 1. The maximum Gasteiger partial charge on any atom is 0.319 e. The van der Waals surface area contributed by atoms with Crippen molar-refractivity contribution in [3.05, 3.63) is 29.3 Å². The van der Waals surface area contributed by atoms with Gasteiger partial charge in [-0.05, 0) is 35.1 Å². The summed E-state index contributed by atoms with van der Waals surface area (Å²) in [6, 6.07) is 6.62. The molecule has 120 valence electrons. The standard InChI is InChI=1S/C17H23ClN2O2/c1-16(2)9-13(21)10-17(3,4)14(16)20-15(22)19-12-7-5-11(18)6-8-12/h5-8,14H,9-10H2,1-4H3,(H2,19,20,22). The topological polar surface area (TPSA) is 58.2 Å². The molecule has 1 aliphatic carbocycles. The minimum atomic E-state index is -0.268. The van der Waals surface area contributed by atoms with Gasteiger partial charge >= 0.3 is 6.03 Å². The van der Waals surface area contributed by atoms with Gasteiger partial charge in [-0.1, -0.05) is 39.3 Å². The summed E-state index contributed by atoms with van der Waals surface area (Å²) in [6.45, 7) is 8.11. The Morgan fingerprint density at radius 2 is 1.59 bits per heavy atom. The Bertz CT molecular complexity index is 559. The van der Waals surface area contributed by atoms with Crippen LogP contribution in [0.25, 0.3) is 0 Å². The molecule has 0 bridgehead atoms. The summed E-state index contributed by atoms with van der Waals surface area (Å²) < 4.78 is 0. The molecule has 5 heteroatoms. The molecule has 0 atom stereocenters. The Labute approximate surface area is 136 Å². The van der Waals surface area contributed by atoms with Gasteiger partial charge in [0, 0.05) is 29.6 Å². The van der Waals surface area contributed by atoms with Crippen molar-refractivity contribution in [3.63, 3.8) is 0 Å². The Hall–Kier alpha value is -1.55. The maximum absolute atomic E-state index is 12.3. The van der Waals surface area contributed by atoms with E-state index < -0.39 is 0 Å². The van der Waals surface area contributed by atoms with E-state index in [1.165, 1.54) is 0 Å². The maximum atomic E-state index is 12.3. The molecule has 0 unspecified atom stereocenters. The second-order valence-corrected chi connectivity index (χ2v) is 7.84. The third-order valence-electron chi connectivity index (χ3n) is 4.25. The van der Waals surface area contributed by atoms with E-state index in [2.05, 4.69) is 10.6 Å². The first-order valence-corrected chi connectivity index (χ1v) is 7.83. The molecule has 0 aromatic heterocycles. The Morgan fingerprint density at radius 1 is 1.09 bits per heavy atom. The number of ketones is 1. The number of Topliss-reactive ketones (excluding diaryl/α,β-unsaturated/α-hetero) is 1. The quantitative estimate of drug-likeness (QED) is 0.855. The molecule has 1 aliphatic rings. The van der Waals surface area contributed by atoms with Crippen molar-refractivity contribution in [2.45, 2.75) is 46.6 Å². The largest absolute Gasteiger partial charge is 0.334 e. The van der Waals surface area contributed by atoms with Gasteiger partial charge in [0.2, 0.25) is 0 Å². The lowest BCUT2D eigenvalue weighted by atomic mass is 9.61. The van der Waals surface area contributed by atoms with Crippen molar-refractivity contribution >= 4 is 29.1 Å². The van der Waals surface area contributed by atoms with Crippen LogP contribution in [-0.4, -0.2) is 17.9 Å². The highest BCUT2D eigenvalue weighted by Crippen LogP contribution is 2.44. The number of carbonyl (C=O) groups is 2. The van der Waals surface area contributed by atoms with E-state index in [0.717, 1.165) is 0 Å². The van der Waals surface area contributed by atoms with Crippen LogP contribution in [0.3, 0.4) is 0 Å². The Balaban J connectivity index is 2.08. The van der Waals surface area contributed by atoms with E-state index in [-0.39, 0.29) is 28.7 Å². The fraction of sp³-hybridized carbons (Fsp3) is 0.529. The van der Waals surface area contributed by atoms with Gasteiger partial charge < -0.3 is 10.6 Å². The van der Waals surface area contributed by atoms with Gasteiger partial charge in [0.15, 0.2) is 0 Å². The highest BCUT2D eigenvalue weighted by molar-refractivity contribution is 6.30. The number of carbonyl (C=O) groups excluding carboxylic acids is 2. The zero-order chi connectivity index (χ0) is 16.5. The third-order valence-corrected chi connectivity index (χ3v) is 4.50. The summed E-state index contributed by atoms with van der Waals surface area (Å²) in [7, 11) is 0. The van der Waals surface area contributed by atoms with Crippen LogP contribution in [0, 0.1) is 10.8 Å². The monoisotopic (exact) mass is 322 g/mol. The van der Waals surface area contributed by atoms with Crippen LogP contribution >= 0.6 is 11.6 Å². The van der Waals surface area contributed by atoms with E-state index in [1.54, 1.807) is 24.3 Å². The first-order chi connectivity index (χ1) is 10.1. The first kappa shape index (κ1) is 16.8. The lowest BCUT2D eigenvalue weighted by molar-refractivity contribution is -0.128. The molecule has 2 amide bonds. The number of hydrogen-bond donors (Lipinski definition) is 2. The molecular formula is C17H23ClN2O2. The van der Waals surface area contributed by atoms with Crippen molar-refractivity contribution in [1.82, 2.24) is 5.32 Å². The average molecular weight is 323 g/mol. The highest BCUT2D eigenvalue weighted by Gasteiger charge is 2.47. The van der Waals surface area contributed by atoms with Crippen LogP contribution in [0.5, 0.6) is 0 Å². The zero-order valence-electron chi connectivity index (χ0n) is 13.5. The molecule has 2 rings (SSSR count). The second-order valence-electron chi connectivity index (χ2n) is 7.41.